The Morgan fingerprint density at radius 1 is 1.32 bits per heavy atom. The first-order chi connectivity index (χ1) is 10.4. The van der Waals surface area contributed by atoms with E-state index in [2.05, 4.69) is 41.8 Å². The summed E-state index contributed by atoms with van der Waals surface area (Å²) in [5.41, 5.74) is 9.15. The summed E-state index contributed by atoms with van der Waals surface area (Å²) in [6.45, 7) is 4.36. The molecule has 0 aliphatic rings. The van der Waals surface area contributed by atoms with Crippen LogP contribution in [0.4, 0.5) is 5.95 Å². The molecule has 6 nitrogen and oxygen atoms in total. The molecule has 0 atom stereocenters. The van der Waals surface area contributed by atoms with Crippen LogP contribution in [0.2, 0.25) is 0 Å². The number of nitrogen functional groups attached to an aromatic ring is 1. The molecule has 3 aromatic rings. The van der Waals surface area contributed by atoms with E-state index in [-0.39, 0.29) is 5.95 Å². The summed E-state index contributed by atoms with van der Waals surface area (Å²) < 4.78 is 4.72. The molecule has 22 heavy (non-hydrogen) atoms. The van der Waals surface area contributed by atoms with E-state index in [9.17, 15) is 5.21 Å². The Kier molecular flexibility index (Phi) is 3.82. The predicted molar refractivity (Wildman–Crippen MR) is 89.7 cm³/mol. The molecule has 0 saturated carbocycles. The Hall–Kier alpha value is -1.67. The van der Waals surface area contributed by atoms with Crippen LogP contribution in [0, 0.1) is 13.8 Å². The van der Waals surface area contributed by atoms with E-state index >= 15 is 0 Å². The summed E-state index contributed by atoms with van der Waals surface area (Å²) in [5.74, 6) is 0.206. The number of anilines is 1. The SMILES string of the molecule is Cc1c[n+](O)c(Cn2ccc3c(Br)nc(N)nc32)c(C)c1Br. The van der Waals surface area contributed by atoms with E-state index in [1.165, 1.54) is 0 Å². The van der Waals surface area contributed by atoms with Crippen LogP contribution in [0.25, 0.3) is 11.0 Å². The predicted octanol–water partition coefficient (Wildman–Crippen LogP) is 2.73. The highest BCUT2D eigenvalue weighted by Gasteiger charge is 2.21. The molecule has 114 valence electrons. The second-order valence-electron chi connectivity index (χ2n) is 5.10. The van der Waals surface area contributed by atoms with Gasteiger partial charge in [-0.25, -0.2) is 4.98 Å². The number of hydrogen-bond donors (Lipinski definition) is 2. The van der Waals surface area contributed by atoms with Gasteiger partial charge in [-0.1, -0.05) is 0 Å². The van der Waals surface area contributed by atoms with Crippen LogP contribution in [0.1, 0.15) is 16.8 Å². The zero-order valence-electron chi connectivity index (χ0n) is 12.0. The number of halogens is 2. The summed E-state index contributed by atoms with van der Waals surface area (Å²) >= 11 is 6.94. The average Bonchev–Trinajstić information content (AvgIpc) is 2.84. The standard InChI is InChI=1S/C14H14Br2N5O/c1-7-5-21(22)10(8(2)11(7)15)6-20-4-3-9-12(16)18-14(17)19-13(9)20/h3-5,22H,6H2,1-2H3,(H2,17,18,19)/q+1. The third-order valence-corrected chi connectivity index (χ3v) is 5.44. The van der Waals surface area contributed by atoms with Crippen molar-refractivity contribution in [1.82, 2.24) is 14.5 Å². The second-order valence-corrected chi connectivity index (χ2v) is 6.64. The fraction of sp³-hybridized carbons (Fsp3) is 0.214. The Labute approximate surface area is 143 Å². The molecule has 0 spiro atoms. The van der Waals surface area contributed by atoms with Crippen LogP contribution in [-0.2, 0) is 6.54 Å². The van der Waals surface area contributed by atoms with Crippen molar-refractivity contribution in [2.45, 2.75) is 20.4 Å². The van der Waals surface area contributed by atoms with Gasteiger partial charge in [0.1, 0.15) is 16.8 Å². The molecular formula is C14H14Br2N5O+. The molecule has 0 unspecified atom stereocenters. The van der Waals surface area contributed by atoms with Crippen molar-refractivity contribution in [3.63, 3.8) is 0 Å². The van der Waals surface area contributed by atoms with Crippen molar-refractivity contribution in [2.75, 3.05) is 5.73 Å². The van der Waals surface area contributed by atoms with Crippen molar-refractivity contribution in [3.05, 3.63) is 44.4 Å². The zero-order valence-corrected chi connectivity index (χ0v) is 15.2. The lowest BCUT2D eigenvalue weighted by Crippen LogP contribution is -2.37. The number of pyridine rings is 1. The molecule has 0 saturated heterocycles. The first-order valence-electron chi connectivity index (χ1n) is 6.56. The van der Waals surface area contributed by atoms with Crippen LogP contribution in [0.3, 0.4) is 0 Å². The highest BCUT2D eigenvalue weighted by Crippen LogP contribution is 2.25. The van der Waals surface area contributed by atoms with Crippen LogP contribution in [0.5, 0.6) is 0 Å². The van der Waals surface area contributed by atoms with Crippen LogP contribution in [-0.4, -0.2) is 19.7 Å². The fourth-order valence-electron chi connectivity index (χ4n) is 2.44. The Balaban J connectivity index is 2.14. The van der Waals surface area contributed by atoms with Gasteiger partial charge in [0.05, 0.1) is 5.39 Å². The van der Waals surface area contributed by atoms with Crippen molar-refractivity contribution in [2.24, 2.45) is 0 Å². The van der Waals surface area contributed by atoms with Gasteiger partial charge in [-0.05, 0) is 51.8 Å². The first kappa shape index (κ1) is 15.2. The van der Waals surface area contributed by atoms with E-state index in [1.54, 1.807) is 6.20 Å². The van der Waals surface area contributed by atoms with Crippen LogP contribution < -0.4 is 10.5 Å². The lowest BCUT2D eigenvalue weighted by atomic mass is 10.1. The molecule has 0 aliphatic carbocycles. The Morgan fingerprint density at radius 2 is 2.05 bits per heavy atom. The monoisotopic (exact) mass is 426 g/mol. The zero-order chi connectivity index (χ0) is 16.0. The molecule has 0 aliphatic heterocycles. The summed E-state index contributed by atoms with van der Waals surface area (Å²) in [4.78, 5) is 8.38. The molecular weight excluding hydrogens is 414 g/mol. The molecule has 0 aromatic carbocycles. The molecule has 0 radical (unpaired) electrons. The molecule has 3 aromatic heterocycles. The topological polar surface area (TPSA) is 80.8 Å². The number of aromatic nitrogens is 4. The molecule has 3 heterocycles. The third-order valence-electron chi connectivity index (χ3n) is 3.61. The van der Waals surface area contributed by atoms with Crippen molar-refractivity contribution < 1.29 is 9.94 Å². The molecule has 0 amide bonds. The van der Waals surface area contributed by atoms with E-state index in [1.807, 2.05) is 30.7 Å². The largest absolute Gasteiger partial charge is 0.368 e. The van der Waals surface area contributed by atoms with Gasteiger partial charge in [0.15, 0.2) is 0 Å². The lowest BCUT2D eigenvalue weighted by molar-refractivity contribution is -0.910. The molecule has 8 heteroatoms. The summed E-state index contributed by atoms with van der Waals surface area (Å²) in [6.07, 6.45) is 3.58. The molecule has 3 rings (SSSR count). The summed E-state index contributed by atoms with van der Waals surface area (Å²) in [6, 6.07) is 1.92. The van der Waals surface area contributed by atoms with Gasteiger partial charge in [-0.3, -0.25) is 5.21 Å². The normalized spacial score (nSPS) is 11.3. The lowest BCUT2D eigenvalue weighted by Gasteiger charge is -2.08. The van der Waals surface area contributed by atoms with Gasteiger partial charge >= 0.3 is 0 Å². The number of fused-ring (bicyclic) bond motifs is 1. The number of nitrogens with zero attached hydrogens (tertiary/aromatic N) is 4. The van der Waals surface area contributed by atoms with E-state index in [4.69, 9.17) is 5.73 Å². The van der Waals surface area contributed by atoms with Gasteiger partial charge < -0.3 is 10.3 Å². The van der Waals surface area contributed by atoms with Gasteiger partial charge in [-0.2, -0.15) is 4.98 Å². The summed E-state index contributed by atoms with van der Waals surface area (Å²) in [5, 5.41) is 11.1. The van der Waals surface area contributed by atoms with E-state index < -0.39 is 0 Å². The van der Waals surface area contributed by atoms with Gasteiger partial charge in [0.2, 0.25) is 12.1 Å². The average molecular weight is 428 g/mol. The minimum Gasteiger partial charge on any atom is -0.368 e. The quantitative estimate of drug-likeness (QED) is 0.374. The second kappa shape index (κ2) is 5.51. The first-order valence-corrected chi connectivity index (χ1v) is 8.14. The maximum Gasteiger partial charge on any atom is 0.257 e. The molecule has 3 N–H and O–H groups in total. The van der Waals surface area contributed by atoms with Crippen molar-refractivity contribution >= 4 is 48.8 Å². The smallest absolute Gasteiger partial charge is 0.257 e. The maximum absolute atomic E-state index is 10.2. The van der Waals surface area contributed by atoms with Crippen molar-refractivity contribution in [1.29, 1.82) is 0 Å². The molecule has 0 bridgehead atoms. The van der Waals surface area contributed by atoms with Crippen LogP contribution in [0.15, 0.2) is 27.5 Å². The molecule has 0 fully saturated rings. The Bertz CT molecular complexity index is 891. The van der Waals surface area contributed by atoms with Gasteiger partial charge in [-0.15, -0.1) is 0 Å². The Morgan fingerprint density at radius 3 is 2.77 bits per heavy atom. The van der Waals surface area contributed by atoms with Gasteiger partial charge in [0, 0.05) is 26.5 Å². The van der Waals surface area contributed by atoms with Crippen LogP contribution >= 0.6 is 31.9 Å². The van der Waals surface area contributed by atoms with Crippen molar-refractivity contribution in [3.8, 4) is 0 Å². The fourth-order valence-corrected chi connectivity index (χ4v) is 3.26. The minimum absolute atomic E-state index is 0.206. The number of rotatable bonds is 2. The number of nitrogens with two attached hydrogens (primary N) is 1. The van der Waals surface area contributed by atoms with E-state index in [0.29, 0.717) is 11.1 Å². The summed E-state index contributed by atoms with van der Waals surface area (Å²) in [7, 11) is 0. The number of aryl methyl sites for hydroxylation is 1. The minimum atomic E-state index is 0.206. The highest BCUT2D eigenvalue weighted by atomic mass is 79.9. The number of hydrogen-bond acceptors (Lipinski definition) is 4. The maximum atomic E-state index is 10.2. The van der Waals surface area contributed by atoms with Gasteiger partial charge in [0.25, 0.3) is 5.69 Å². The third kappa shape index (κ3) is 2.46. The van der Waals surface area contributed by atoms with E-state index in [0.717, 1.165) is 37.1 Å². The highest BCUT2D eigenvalue weighted by molar-refractivity contribution is 9.10.